The molecule has 0 fully saturated rings. The first-order chi connectivity index (χ1) is 10.9. The van der Waals surface area contributed by atoms with Gasteiger partial charge in [0.15, 0.2) is 9.84 Å². The van der Waals surface area contributed by atoms with Gasteiger partial charge < -0.3 is 5.32 Å². The van der Waals surface area contributed by atoms with Crippen molar-refractivity contribution in [3.8, 4) is 0 Å². The van der Waals surface area contributed by atoms with Crippen LogP contribution in [0.2, 0.25) is 0 Å². The standard InChI is InChI=1S/C16H21N3O3S/c1-3-19-15(9-11-17-19)13(2)18-16(20)10-12-23(21,22)14-7-5-4-6-8-14/h4-9,11,13H,3,10,12H2,1-2H3,(H,18,20). The van der Waals surface area contributed by atoms with Crippen molar-refractivity contribution in [3.63, 3.8) is 0 Å². The molecule has 2 rings (SSSR count). The fourth-order valence-electron chi connectivity index (χ4n) is 2.34. The first-order valence-electron chi connectivity index (χ1n) is 7.53. The van der Waals surface area contributed by atoms with Crippen LogP contribution in [0.1, 0.15) is 32.0 Å². The molecule has 1 aromatic heterocycles. The quantitative estimate of drug-likeness (QED) is 0.838. The molecule has 1 heterocycles. The van der Waals surface area contributed by atoms with E-state index in [9.17, 15) is 13.2 Å². The third kappa shape index (κ3) is 4.41. The molecule has 7 heteroatoms. The number of benzene rings is 1. The van der Waals surface area contributed by atoms with Crippen molar-refractivity contribution in [3.05, 3.63) is 48.3 Å². The molecule has 124 valence electrons. The fraction of sp³-hybridized carbons (Fsp3) is 0.375. The molecule has 0 aliphatic heterocycles. The minimum atomic E-state index is -3.44. The second-order valence-corrected chi connectivity index (χ2v) is 7.35. The van der Waals surface area contributed by atoms with Crippen molar-refractivity contribution >= 4 is 15.7 Å². The molecule has 1 unspecified atom stereocenters. The maximum Gasteiger partial charge on any atom is 0.221 e. The van der Waals surface area contributed by atoms with E-state index in [1.165, 1.54) is 12.1 Å². The van der Waals surface area contributed by atoms with Crippen LogP contribution >= 0.6 is 0 Å². The zero-order chi connectivity index (χ0) is 16.9. The molecule has 1 aromatic carbocycles. The van der Waals surface area contributed by atoms with E-state index in [1.54, 1.807) is 29.1 Å². The van der Waals surface area contributed by atoms with Crippen molar-refractivity contribution in [2.45, 2.75) is 37.8 Å². The highest BCUT2D eigenvalue weighted by Crippen LogP contribution is 2.13. The van der Waals surface area contributed by atoms with E-state index in [2.05, 4.69) is 10.4 Å². The van der Waals surface area contributed by atoms with Crippen LogP contribution in [0.15, 0.2) is 47.5 Å². The van der Waals surface area contributed by atoms with Crippen LogP contribution in [0.5, 0.6) is 0 Å². The van der Waals surface area contributed by atoms with Crippen molar-refractivity contribution in [2.24, 2.45) is 0 Å². The molecule has 0 saturated heterocycles. The first-order valence-corrected chi connectivity index (χ1v) is 9.18. The smallest absolute Gasteiger partial charge is 0.221 e. The molecule has 0 spiro atoms. The second kappa shape index (κ2) is 7.41. The molecule has 6 nitrogen and oxygen atoms in total. The third-order valence-electron chi connectivity index (χ3n) is 3.57. The lowest BCUT2D eigenvalue weighted by Crippen LogP contribution is -2.29. The summed E-state index contributed by atoms with van der Waals surface area (Å²) in [5.41, 5.74) is 0.895. The molecule has 1 amide bonds. The Morgan fingerprint density at radius 1 is 1.26 bits per heavy atom. The molecular formula is C16H21N3O3S. The lowest BCUT2D eigenvalue weighted by molar-refractivity contribution is -0.121. The molecule has 23 heavy (non-hydrogen) atoms. The van der Waals surface area contributed by atoms with Gasteiger partial charge in [0.05, 0.1) is 22.4 Å². The predicted molar refractivity (Wildman–Crippen MR) is 87.6 cm³/mol. The highest BCUT2D eigenvalue weighted by atomic mass is 32.2. The summed E-state index contributed by atoms with van der Waals surface area (Å²) in [6.07, 6.45) is 1.61. The zero-order valence-corrected chi connectivity index (χ0v) is 14.1. The average Bonchev–Trinajstić information content (AvgIpc) is 3.02. The van der Waals surface area contributed by atoms with Crippen LogP contribution < -0.4 is 5.32 Å². The molecular weight excluding hydrogens is 314 g/mol. The Bertz CT molecular complexity index is 754. The van der Waals surface area contributed by atoms with E-state index < -0.39 is 9.84 Å². The normalized spacial score (nSPS) is 12.8. The number of carbonyl (C=O) groups excluding carboxylic acids is 1. The Balaban J connectivity index is 1.93. The summed E-state index contributed by atoms with van der Waals surface area (Å²) < 4.78 is 26.1. The Kier molecular flexibility index (Phi) is 5.54. The van der Waals surface area contributed by atoms with Crippen molar-refractivity contribution in [1.29, 1.82) is 0 Å². The van der Waals surface area contributed by atoms with Crippen molar-refractivity contribution in [1.82, 2.24) is 15.1 Å². The Morgan fingerprint density at radius 2 is 1.96 bits per heavy atom. The summed E-state index contributed by atoms with van der Waals surface area (Å²) in [7, 11) is -3.44. The van der Waals surface area contributed by atoms with Gasteiger partial charge in [-0.1, -0.05) is 18.2 Å². The van der Waals surface area contributed by atoms with Gasteiger partial charge in [0.1, 0.15) is 0 Å². The van der Waals surface area contributed by atoms with Crippen LogP contribution in [0.3, 0.4) is 0 Å². The van der Waals surface area contributed by atoms with Gasteiger partial charge in [0.2, 0.25) is 5.91 Å². The van der Waals surface area contributed by atoms with Crippen LogP contribution in [0, 0.1) is 0 Å². The lowest BCUT2D eigenvalue weighted by atomic mass is 10.2. The fourth-order valence-corrected chi connectivity index (χ4v) is 3.60. The van der Waals surface area contributed by atoms with E-state index in [1.807, 2.05) is 19.9 Å². The highest BCUT2D eigenvalue weighted by molar-refractivity contribution is 7.91. The van der Waals surface area contributed by atoms with E-state index >= 15 is 0 Å². The van der Waals surface area contributed by atoms with Gasteiger partial charge in [-0.25, -0.2) is 8.42 Å². The summed E-state index contributed by atoms with van der Waals surface area (Å²) in [4.78, 5) is 12.3. The predicted octanol–water partition coefficient (Wildman–Crippen LogP) is 1.94. The van der Waals surface area contributed by atoms with Crippen molar-refractivity contribution < 1.29 is 13.2 Å². The van der Waals surface area contributed by atoms with Gasteiger partial charge in [-0.15, -0.1) is 0 Å². The second-order valence-electron chi connectivity index (χ2n) is 5.24. The molecule has 0 radical (unpaired) electrons. The molecule has 0 bridgehead atoms. The zero-order valence-electron chi connectivity index (χ0n) is 13.3. The van der Waals surface area contributed by atoms with Crippen molar-refractivity contribution in [2.75, 3.05) is 5.75 Å². The van der Waals surface area contributed by atoms with E-state index in [4.69, 9.17) is 0 Å². The summed E-state index contributed by atoms with van der Waals surface area (Å²) in [5.74, 6) is -0.497. The van der Waals surface area contributed by atoms with Crippen LogP contribution in [0.25, 0.3) is 0 Å². The van der Waals surface area contributed by atoms with Gasteiger partial charge >= 0.3 is 0 Å². The maximum absolute atomic E-state index is 12.2. The van der Waals surface area contributed by atoms with Gasteiger partial charge in [-0.3, -0.25) is 9.48 Å². The largest absolute Gasteiger partial charge is 0.348 e. The topological polar surface area (TPSA) is 81.1 Å². The molecule has 0 aliphatic rings. The van der Waals surface area contributed by atoms with Gasteiger partial charge in [-0.05, 0) is 32.0 Å². The minimum absolute atomic E-state index is 0.0676. The Morgan fingerprint density at radius 3 is 2.61 bits per heavy atom. The van der Waals surface area contributed by atoms with Gasteiger partial charge in [-0.2, -0.15) is 5.10 Å². The number of carbonyl (C=O) groups is 1. The summed E-state index contributed by atoms with van der Waals surface area (Å²) in [6.45, 7) is 4.54. The summed E-state index contributed by atoms with van der Waals surface area (Å²) in [6, 6.07) is 9.79. The number of aromatic nitrogens is 2. The number of hydrogen-bond donors (Lipinski definition) is 1. The van der Waals surface area contributed by atoms with E-state index in [0.29, 0.717) is 6.54 Å². The lowest BCUT2D eigenvalue weighted by Gasteiger charge is -2.15. The molecule has 0 saturated carbocycles. The van der Waals surface area contributed by atoms with Crippen LogP contribution in [0.4, 0.5) is 0 Å². The minimum Gasteiger partial charge on any atom is -0.348 e. The summed E-state index contributed by atoms with van der Waals surface area (Å²) >= 11 is 0. The molecule has 2 aromatic rings. The number of amides is 1. The molecule has 0 aliphatic carbocycles. The van der Waals surface area contributed by atoms with E-state index in [-0.39, 0.29) is 29.0 Å². The summed E-state index contributed by atoms with van der Waals surface area (Å²) in [5, 5.41) is 6.97. The molecule has 1 N–H and O–H groups in total. The van der Waals surface area contributed by atoms with Gasteiger partial charge in [0.25, 0.3) is 0 Å². The van der Waals surface area contributed by atoms with Crippen LogP contribution in [-0.2, 0) is 21.2 Å². The third-order valence-corrected chi connectivity index (χ3v) is 5.30. The number of rotatable bonds is 7. The number of nitrogens with zero attached hydrogens (tertiary/aromatic N) is 2. The highest BCUT2D eigenvalue weighted by Gasteiger charge is 2.18. The average molecular weight is 335 g/mol. The monoisotopic (exact) mass is 335 g/mol. The Labute approximate surface area is 136 Å². The van der Waals surface area contributed by atoms with Crippen LogP contribution in [-0.4, -0.2) is 29.9 Å². The first kappa shape index (κ1) is 17.2. The van der Waals surface area contributed by atoms with Gasteiger partial charge in [0, 0.05) is 19.2 Å². The number of nitrogens with one attached hydrogen (secondary N) is 1. The van der Waals surface area contributed by atoms with E-state index in [0.717, 1.165) is 5.69 Å². The number of hydrogen-bond acceptors (Lipinski definition) is 4. The SMILES string of the molecule is CCn1nccc1C(C)NC(=O)CCS(=O)(=O)c1ccccc1. The molecule has 1 atom stereocenters. The number of sulfone groups is 1. The maximum atomic E-state index is 12.2. The Hall–Kier alpha value is -2.15. The number of aryl methyl sites for hydroxylation is 1.